The molecule has 0 saturated carbocycles. The monoisotopic (exact) mass is 566 g/mol. The molecule has 204 valence electrons. The highest BCUT2D eigenvalue weighted by Crippen LogP contribution is 2.55. The average molecular weight is 567 g/mol. The van der Waals surface area contributed by atoms with Crippen LogP contribution in [-0.4, -0.2) is 0 Å². The van der Waals surface area contributed by atoms with E-state index in [-0.39, 0.29) is 5.41 Å². The van der Waals surface area contributed by atoms with Crippen LogP contribution >= 0.6 is 11.3 Å². The number of aryl methyl sites for hydroxylation is 1. The third kappa shape index (κ3) is 3.43. The lowest BCUT2D eigenvalue weighted by Crippen LogP contribution is -2.15. The van der Waals surface area contributed by atoms with Gasteiger partial charge in [-0.2, -0.15) is 0 Å². The van der Waals surface area contributed by atoms with Crippen molar-refractivity contribution in [1.82, 2.24) is 0 Å². The van der Waals surface area contributed by atoms with E-state index in [4.69, 9.17) is 0 Å². The molecule has 7 aromatic carbocycles. The van der Waals surface area contributed by atoms with Crippen molar-refractivity contribution in [2.45, 2.75) is 26.2 Å². The van der Waals surface area contributed by atoms with Gasteiger partial charge in [0.1, 0.15) is 0 Å². The third-order valence-electron chi connectivity index (χ3n) is 9.72. The Bertz CT molecular complexity index is 2360. The molecule has 1 heterocycles. The van der Waals surface area contributed by atoms with Gasteiger partial charge in [-0.25, -0.2) is 0 Å². The maximum atomic E-state index is 2.50. The predicted molar refractivity (Wildman–Crippen MR) is 188 cm³/mol. The minimum atomic E-state index is -0.0868. The number of rotatable bonds is 2. The van der Waals surface area contributed by atoms with Gasteiger partial charge < -0.3 is 0 Å². The number of hydrogen-bond donors (Lipinski definition) is 0. The quantitative estimate of drug-likeness (QED) is 0.183. The zero-order chi connectivity index (χ0) is 28.9. The van der Waals surface area contributed by atoms with Crippen molar-refractivity contribution < 1.29 is 0 Å². The summed E-state index contributed by atoms with van der Waals surface area (Å²) in [6, 6.07) is 47.7. The van der Waals surface area contributed by atoms with Crippen LogP contribution in [0.15, 0.2) is 127 Å². The van der Waals surface area contributed by atoms with Crippen molar-refractivity contribution in [3.05, 3.63) is 144 Å². The van der Waals surface area contributed by atoms with Crippen molar-refractivity contribution >= 4 is 53.1 Å². The Morgan fingerprint density at radius 1 is 0.465 bits per heavy atom. The summed E-state index contributed by atoms with van der Waals surface area (Å²) in [4.78, 5) is 0. The van der Waals surface area contributed by atoms with Crippen LogP contribution in [0.1, 0.15) is 30.5 Å². The Labute approximate surface area is 255 Å². The second-order valence-electron chi connectivity index (χ2n) is 12.6. The van der Waals surface area contributed by atoms with Crippen molar-refractivity contribution in [2.75, 3.05) is 0 Å². The maximum Gasteiger partial charge on any atom is 0.0437 e. The van der Waals surface area contributed by atoms with E-state index in [0.29, 0.717) is 0 Å². The summed E-state index contributed by atoms with van der Waals surface area (Å²) in [5.41, 5.74) is 12.1. The summed E-state index contributed by atoms with van der Waals surface area (Å²) < 4.78 is 2.79. The lowest BCUT2D eigenvalue weighted by atomic mass is 9.80. The molecule has 0 spiro atoms. The molecule has 0 N–H and O–H groups in total. The third-order valence-corrected chi connectivity index (χ3v) is 10.9. The van der Waals surface area contributed by atoms with E-state index in [1.54, 1.807) is 0 Å². The van der Waals surface area contributed by atoms with Gasteiger partial charge in [0.2, 0.25) is 0 Å². The fourth-order valence-corrected chi connectivity index (χ4v) is 9.03. The number of hydrogen-bond acceptors (Lipinski definition) is 1. The molecule has 0 unspecified atom stereocenters. The highest BCUT2D eigenvalue weighted by Gasteiger charge is 2.37. The van der Waals surface area contributed by atoms with E-state index in [2.05, 4.69) is 148 Å². The van der Waals surface area contributed by atoms with Crippen LogP contribution in [0.4, 0.5) is 0 Å². The van der Waals surface area contributed by atoms with E-state index in [9.17, 15) is 0 Å². The molecule has 1 heteroatoms. The van der Waals surface area contributed by atoms with Crippen LogP contribution in [0.25, 0.3) is 75.1 Å². The molecule has 1 aliphatic carbocycles. The molecule has 1 aromatic heterocycles. The fraction of sp³-hybridized carbons (Fsp3) is 0.0952. The second-order valence-corrected chi connectivity index (χ2v) is 13.6. The smallest absolute Gasteiger partial charge is 0.0437 e. The van der Waals surface area contributed by atoms with Gasteiger partial charge in [0.15, 0.2) is 0 Å². The first-order valence-corrected chi connectivity index (χ1v) is 15.9. The summed E-state index contributed by atoms with van der Waals surface area (Å²) in [6.45, 7) is 6.99. The molecular formula is C42H30S. The van der Waals surface area contributed by atoms with Gasteiger partial charge in [-0.1, -0.05) is 129 Å². The molecule has 0 fully saturated rings. The molecule has 43 heavy (non-hydrogen) atoms. The molecule has 1 aliphatic rings. The standard InChI is InChI=1S/C42H30S/c1-25-17-19-28-33-21-22-35-40(41(33)43-37(28)23-25)34-20-18-27(24-36(34)42(35,2)3)39-31-15-9-7-13-29(31)38(26-11-5-4-6-12-26)30-14-8-10-16-32(30)39/h4-24H,1-3H3. The lowest BCUT2D eigenvalue weighted by molar-refractivity contribution is 0.661. The summed E-state index contributed by atoms with van der Waals surface area (Å²) >= 11 is 1.95. The molecule has 9 rings (SSSR count). The summed E-state index contributed by atoms with van der Waals surface area (Å²) in [5, 5.41) is 7.94. The van der Waals surface area contributed by atoms with Gasteiger partial charge in [-0.3, -0.25) is 0 Å². The van der Waals surface area contributed by atoms with Crippen molar-refractivity contribution in [2.24, 2.45) is 0 Å². The Balaban J connectivity index is 1.33. The highest BCUT2D eigenvalue weighted by molar-refractivity contribution is 7.26. The van der Waals surface area contributed by atoms with Crippen LogP contribution in [0.3, 0.4) is 0 Å². The van der Waals surface area contributed by atoms with Crippen LogP contribution < -0.4 is 0 Å². The molecule has 8 aromatic rings. The van der Waals surface area contributed by atoms with Crippen molar-refractivity contribution in [3.63, 3.8) is 0 Å². The number of fused-ring (bicyclic) bond motifs is 9. The average Bonchev–Trinajstić information content (AvgIpc) is 3.51. The van der Waals surface area contributed by atoms with Gasteiger partial charge in [-0.05, 0) is 85.1 Å². The Morgan fingerprint density at radius 2 is 1.07 bits per heavy atom. The Morgan fingerprint density at radius 3 is 1.74 bits per heavy atom. The zero-order valence-electron chi connectivity index (χ0n) is 24.5. The van der Waals surface area contributed by atoms with Gasteiger partial charge >= 0.3 is 0 Å². The van der Waals surface area contributed by atoms with Gasteiger partial charge in [0, 0.05) is 31.2 Å². The van der Waals surface area contributed by atoms with Gasteiger partial charge in [-0.15, -0.1) is 11.3 Å². The molecule has 0 atom stereocenters. The minimum absolute atomic E-state index is 0.0868. The molecule has 0 radical (unpaired) electrons. The fourth-order valence-electron chi connectivity index (χ4n) is 7.67. The summed E-state index contributed by atoms with van der Waals surface area (Å²) in [5.74, 6) is 0. The zero-order valence-corrected chi connectivity index (χ0v) is 25.3. The molecule has 0 saturated heterocycles. The van der Waals surface area contributed by atoms with Crippen LogP contribution in [-0.2, 0) is 5.41 Å². The maximum absolute atomic E-state index is 2.50. The van der Waals surface area contributed by atoms with E-state index in [1.807, 2.05) is 11.3 Å². The highest BCUT2D eigenvalue weighted by atomic mass is 32.1. The Hall–Kier alpha value is -4.72. The molecule has 0 amide bonds. The van der Waals surface area contributed by atoms with Gasteiger partial charge in [0.25, 0.3) is 0 Å². The van der Waals surface area contributed by atoms with E-state index >= 15 is 0 Å². The van der Waals surface area contributed by atoms with Crippen LogP contribution in [0, 0.1) is 6.92 Å². The summed E-state index contributed by atoms with van der Waals surface area (Å²) in [6.07, 6.45) is 0. The summed E-state index contributed by atoms with van der Waals surface area (Å²) in [7, 11) is 0. The van der Waals surface area contributed by atoms with Crippen LogP contribution in [0.5, 0.6) is 0 Å². The van der Waals surface area contributed by atoms with Crippen molar-refractivity contribution in [3.8, 4) is 33.4 Å². The van der Waals surface area contributed by atoms with E-state index < -0.39 is 0 Å². The Kier molecular flexibility index (Phi) is 5.14. The first-order valence-electron chi connectivity index (χ1n) is 15.1. The van der Waals surface area contributed by atoms with Crippen molar-refractivity contribution in [1.29, 1.82) is 0 Å². The molecule has 0 nitrogen and oxygen atoms in total. The number of benzene rings is 7. The van der Waals surface area contributed by atoms with E-state index in [0.717, 1.165) is 0 Å². The molecule has 0 aliphatic heterocycles. The first-order chi connectivity index (χ1) is 21.0. The largest absolute Gasteiger partial charge is 0.135 e. The normalized spacial score (nSPS) is 13.7. The predicted octanol–water partition coefficient (Wildman–Crippen LogP) is 12.3. The second kappa shape index (κ2) is 8.89. The molecule has 0 bridgehead atoms. The topological polar surface area (TPSA) is 0 Å². The van der Waals surface area contributed by atoms with Gasteiger partial charge in [0.05, 0.1) is 0 Å². The van der Waals surface area contributed by atoms with Crippen LogP contribution in [0.2, 0.25) is 0 Å². The first kappa shape index (κ1) is 24.8. The van der Waals surface area contributed by atoms with E-state index in [1.165, 1.54) is 91.8 Å². The minimum Gasteiger partial charge on any atom is -0.135 e. The SMILES string of the molecule is Cc1ccc2c(c1)sc1c3c(ccc12)C(C)(C)c1cc(-c2c4ccccc4c(-c4ccccc4)c4ccccc24)ccc1-3. The molecular weight excluding hydrogens is 537 g/mol. The lowest BCUT2D eigenvalue weighted by Gasteiger charge is -2.23. The number of thiophene rings is 1.